The summed E-state index contributed by atoms with van der Waals surface area (Å²) in [6, 6.07) is 7.80. The van der Waals surface area contributed by atoms with Crippen molar-refractivity contribution in [3.63, 3.8) is 0 Å². The van der Waals surface area contributed by atoms with Gasteiger partial charge in [-0.1, -0.05) is 12.1 Å². The predicted molar refractivity (Wildman–Crippen MR) is 128 cm³/mol. The van der Waals surface area contributed by atoms with Crippen LogP contribution in [0.4, 0.5) is 11.8 Å². The highest BCUT2D eigenvalue weighted by Gasteiger charge is 2.47. The molecule has 0 unspecified atom stereocenters. The summed E-state index contributed by atoms with van der Waals surface area (Å²) >= 11 is 0. The quantitative estimate of drug-likeness (QED) is 0.264. The Kier molecular flexibility index (Phi) is 6.38. The molecule has 0 radical (unpaired) electrons. The monoisotopic (exact) mass is 496 g/mol. The number of benzene rings is 1. The SMILES string of the molecule is CCn1nnc([C@H]2O[C@@H](n3cnc4c(N)nc(N[C@H](C)Cc5ccc(OC)cc5)nc43)[C@H](O)[C@@H]2O)n1. The zero-order valence-electron chi connectivity index (χ0n) is 20.1. The standard InChI is InChI=1S/C22H28N10O4/c1-4-32-29-19(28-30-32)17-15(33)16(34)21(36-17)31-10-24-14-18(23)26-22(27-20(14)31)25-11(2)9-12-5-7-13(35-3)8-6-12/h5-8,10-11,15-17,21,33-34H,4,9H2,1-3H3,(H3,23,25,26,27)/t11-,15+,16-,17+,21-/m1/s1. The van der Waals surface area contributed by atoms with Gasteiger partial charge in [-0.05, 0) is 43.2 Å². The van der Waals surface area contributed by atoms with E-state index in [9.17, 15) is 10.2 Å². The van der Waals surface area contributed by atoms with Crippen LogP contribution in [-0.4, -0.2) is 75.3 Å². The average molecular weight is 497 g/mol. The number of nitrogens with one attached hydrogen (secondary N) is 1. The van der Waals surface area contributed by atoms with E-state index in [0.29, 0.717) is 30.1 Å². The van der Waals surface area contributed by atoms with Gasteiger partial charge in [-0.3, -0.25) is 4.57 Å². The van der Waals surface area contributed by atoms with Crippen LogP contribution < -0.4 is 15.8 Å². The fourth-order valence-electron chi connectivity index (χ4n) is 4.18. The maximum atomic E-state index is 10.8. The molecule has 0 aliphatic carbocycles. The molecule has 0 bridgehead atoms. The molecule has 3 aromatic heterocycles. The van der Waals surface area contributed by atoms with Gasteiger partial charge in [0.25, 0.3) is 0 Å². The van der Waals surface area contributed by atoms with E-state index < -0.39 is 24.5 Å². The molecule has 4 aromatic rings. The van der Waals surface area contributed by atoms with Gasteiger partial charge in [0.1, 0.15) is 23.5 Å². The zero-order chi connectivity index (χ0) is 25.4. The van der Waals surface area contributed by atoms with Crippen LogP contribution in [0.3, 0.4) is 0 Å². The minimum atomic E-state index is -1.29. The van der Waals surface area contributed by atoms with Crippen LogP contribution in [0.25, 0.3) is 11.2 Å². The molecule has 5 rings (SSSR count). The van der Waals surface area contributed by atoms with Crippen LogP contribution in [0.15, 0.2) is 30.6 Å². The molecule has 14 nitrogen and oxygen atoms in total. The number of aliphatic hydroxyl groups is 2. The normalized spacial score (nSPS) is 22.7. The molecular formula is C22H28N10O4. The third-order valence-electron chi connectivity index (χ3n) is 6.04. The minimum absolute atomic E-state index is 0.0154. The van der Waals surface area contributed by atoms with Crippen molar-refractivity contribution < 1.29 is 19.7 Å². The van der Waals surface area contributed by atoms with E-state index in [-0.39, 0.29) is 17.7 Å². The van der Waals surface area contributed by atoms with Crippen molar-refractivity contribution in [2.24, 2.45) is 0 Å². The fourth-order valence-corrected chi connectivity index (χ4v) is 4.18. The number of aliphatic hydroxyl groups excluding tert-OH is 2. The number of fused-ring (bicyclic) bond motifs is 1. The molecular weight excluding hydrogens is 468 g/mol. The number of nitrogen functional groups attached to an aromatic ring is 1. The largest absolute Gasteiger partial charge is 0.497 e. The number of aromatic nitrogens is 8. The number of methoxy groups -OCH3 is 1. The Hall–Kier alpha value is -3.88. The van der Waals surface area contributed by atoms with Gasteiger partial charge in [-0.15, -0.1) is 10.2 Å². The zero-order valence-corrected chi connectivity index (χ0v) is 20.1. The molecule has 0 amide bonds. The Balaban J connectivity index is 1.37. The Morgan fingerprint density at radius 1 is 1.19 bits per heavy atom. The second kappa shape index (κ2) is 9.64. The molecule has 14 heteroatoms. The van der Waals surface area contributed by atoms with E-state index in [2.05, 4.69) is 35.7 Å². The van der Waals surface area contributed by atoms with Crippen molar-refractivity contribution in [1.29, 1.82) is 0 Å². The Bertz CT molecular complexity index is 1340. The van der Waals surface area contributed by atoms with Crippen molar-refractivity contribution in [3.05, 3.63) is 42.0 Å². The van der Waals surface area contributed by atoms with E-state index in [0.717, 1.165) is 11.3 Å². The maximum Gasteiger partial charge on any atom is 0.226 e. The maximum absolute atomic E-state index is 10.8. The number of ether oxygens (including phenoxy) is 2. The molecule has 1 aromatic carbocycles. The number of nitrogens with zero attached hydrogens (tertiary/aromatic N) is 8. The molecule has 0 spiro atoms. The molecule has 1 aliphatic rings. The highest BCUT2D eigenvalue weighted by Crippen LogP contribution is 2.38. The molecule has 1 aliphatic heterocycles. The topological polar surface area (TPSA) is 184 Å². The molecule has 5 N–H and O–H groups in total. The Morgan fingerprint density at radius 3 is 2.67 bits per heavy atom. The predicted octanol–water partition coefficient (Wildman–Crippen LogP) is 0.458. The number of tetrazole rings is 1. The highest BCUT2D eigenvalue weighted by molar-refractivity contribution is 5.83. The number of imidazole rings is 1. The average Bonchev–Trinajstić information content (AvgIpc) is 3.58. The lowest BCUT2D eigenvalue weighted by molar-refractivity contribution is -0.0384. The van der Waals surface area contributed by atoms with Crippen LogP contribution >= 0.6 is 0 Å². The molecule has 0 saturated carbocycles. The van der Waals surface area contributed by atoms with Crippen molar-refractivity contribution in [2.75, 3.05) is 18.2 Å². The van der Waals surface area contributed by atoms with Gasteiger partial charge >= 0.3 is 0 Å². The van der Waals surface area contributed by atoms with Crippen LogP contribution in [0.2, 0.25) is 0 Å². The van der Waals surface area contributed by atoms with Gasteiger partial charge in [0.2, 0.25) is 11.8 Å². The number of hydrogen-bond acceptors (Lipinski definition) is 12. The fraction of sp³-hybridized carbons (Fsp3) is 0.455. The first-order chi connectivity index (χ1) is 17.4. The van der Waals surface area contributed by atoms with Gasteiger partial charge in [0.15, 0.2) is 23.8 Å². The van der Waals surface area contributed by atoms with Gasteiger partial charge < -0.3 is 30.7 Å². The second-order valence-electron chi connectivity index (χ2n) is 8.62. The summed E-state index contributed by atoms with van der Waals surface area (Å²) in [6.07, 6.45) is -2.37. The minimum Gasteiger partial charge on any atom is -0.497 e. The number of nitrogens with two attached hydrogens (primary N) is 1. The van der Waals surface area contributed by atoms with Gasteiger partial charge in [-0.2, -0.15) is 14.8 Å². The third kappa shape index (κ3) is 4.41. The van der Waals surface area contributed by atoms with E-state index >= 15 is 0 Å². The van der Waals surface area contributed by atoms with E-state index in [1.165, 1.54) is 15.7 Å². The lowest BCUT2D eigenvalue weighted by Gasteiger charge is -2.18. The summed E-state index contributed by atoms with van der Waals surface area (Å²) in [6.45, 7) is 4.38. The molecule has 190 valence electrons. The molecule has 5 atom stereocenters. The lowest BCUT2D eigenvalue weighted by atomic mass is 10.1. The van der Waals surface area contributed by atoms with Gasteiger partial charge in [0.05, 0.1) is 20.0 Å². The lowest BCUT2D eigenvalue weighted by Crippen LogP contribution is -2.29. The van der Waals surface area contributed by atoms with E-state index in [4.69, 9.17) is 15.2 Å². The van der Waals surface area contributed by atoms with E-state index in [1.54, 1.807) is 7.11 Å². The Morgan fingerprint density at radius 2 is 1.97 bits per heavy atom. The molecule has 36 heavy (non-hydrogen) atoms. The number of rotatable bonds is 8. The first kappa shape index (κ1) is 23.8. The van der Waals surface area contributed by atoms with Gasteiger partial charge in [-0.25, -0.2) is 4.98 Å². The van der Waals surface area contributed by atoms with Crippen molar-refractivity contribution in [2.45, 2.75) is 57.4 Å². The van der Waals surface area contributed by atoms with Gasteiger partial charge in [0, 0.05) is 6.04 Å². The van der Waals surface area contributed by atoms with Crippen LogP contribution in [0, 0.1) is 0 Å². The number of anilines is 2. The smallest absolute Gasteiger partial charge is 0.226 e. The second-order valence-corrected chi connectivity index (χ2v) is 8.62. The number of aryl methyl sites for hydroxylation is 1. The van der Waals surface area contributed by atoms with Crippen molar-refractivity contribution >= 4 is 22.9 Å². The summed E-state index contributed by atoms with van der Waals surface area (Å²) in [5.74, 6) is 1.46. The summed E-state index contributed by atoms with van der Waals surface area (Å²) in [5.41, 5.74) is 7.98. The van der Waals surface area contributed by atoms with Crippen LogP contribution in [0.5, 0.6) is 5.75 Å². The highest BCUT2D eigenvalue weighted by atomic mass is 16.6. The summed E-state index contributed by atoms with van der Waals surface area (Å²) in [4.78, 5) is 14.6. The summed E-state index contributed by atoms with van der Waals surface area (Å²) < 4.78 is 12.7. The summed E-state index contributed by atoms with van der Waals surface area (Å²) in [5, 5.41) is 36.7. The summed E-state index contributed by atoms with van der Waals surface area (Å²) in [7, 11) is 1.63. The van der Waals surface area contributed by atoms with E-state index in [1.807, 2.05) is 38.1 Å². The van der Waals surface area contributed by atoms with Crippen LogP contribution in [0.1, 0.15) is 37.6 Å². The van der Waals surface area contributed by atoms with Crippen molar-refractivity contribution in [1.82, 2.24) is 39.7 Å². The van der Waals surface area contributed by atoms with Crippen LogP contribution in [-0.2, 0) is 17.7 Å². The molecule has 1 saturated heterocycles. The molecule has 4 heterocycles. The first-order valence-electron chi connectivity index (χ1n) is 11.6. The number of hydrogen-bond donors (Lipinski definition) is 4. The third-order valence-corrected chi connectivity index (χ3v) is 6.04. The Labute approximate surface area is 206 Å². The van der Waals surface area contributed by atoms with Crippen molar-refractivity contribution in [3.8, 4) is 5.75 Å². The molecule has 1 fully saturated rings. The first-order valence-corrected chi connectivity index (χ1v) is 11.6.